The number of nitrogens with one attached hydrogen (secondary N) is 1. The smallest absolute Gasteiger partial charge is 0.169 e. The molecule has 0 bridgehead atoms. The van der Waals surface area contributed by atoms with Crippen molar-refractivity contribution >= 4 is 33.3 Å². The fraction of sp³-hybridized carbons (Fsp3) is 0. The van der Waals surface area contributed by atoms with Crippen LogP contribution in [0, 0.1) is 0 Å². The van der Waals surface area contributed by atoms with Gasteiger partial charge in [-0.3, -0.25) is 5.10 Å². The highest BCUT2D eigenvalue weighted by atomic mass is 79.9. The van der Waals surface area contributed by atoms with Gasteiger partial charge in [0, 0.05) is 10.6 Å². The van der Waals surface area contributed by atoms with Gasteiger partial charge in [0.05, 0.1) is 5.56 Å². The Kier molecular flexibility index (Phi) is 3.08. The van der Waals surface area contributed by atoms with Gasteiger partial charge in [-0.1, -0.05) is 29.8 Å². The van der Waals surface area contributed by atoms with E-state index in [1.54, 1.807) is 0 Å². The molecule has 0 fully saturated rings. The van der Waals surface area contributed by atoms with Crippen LogP contribution in [0.4, 0.5) is 5.82 Å². The highest BCUT2D eigenvalue weighted by Gasteiger charge is 2.18. The summed E-state index contributed by atoms with van der Waals surface area (Å²) in [6, 6.07) is 11.1. The molecule has 3 rings (SSSR count). The molecule has 0 spiro atoms. The Morgan fingerprint density at radius 2 is 2.00 bits per heavy atom. The summed E-state index contributed by atoms with van der Waals surface area (Å²) in [7, 11) is 0. The molecule has 0 atom stereocenters. The van der Waals surface area contributed by atoms with E-state index in [0.717, 1.165) is 11.1 Å². The third-order valence-corrected chi connectivity index (χ3v) is 3.51. The number of aromatic nitrogens is 2. The molecule has 19 heavy (non-hydrogen) atoms. The van der Waals surface area contributed by atoms with Crippen LogP contribution in [0.15, 0.2) is 45.5 Å². The summed E-state index contributed by atoms with van der Waals surface area (Å²) in [5.74, 6) is 1.03. The Morgan fingerprint density at radius 1 is 1.21 bits per heavy atom. The van der Waals surface area contributed by atoms with Crippen LogP contribution >= 0.6 is 27.5 Å². The number of nitrogens with zero attached hydrogens (tertiary/aromatic N) is 1. The molecule has 0 aliphatic heterocycles. The summed E-state index contributed by atoms with van der Waals surface area (Å²) < 4.78 is 6.17. The first-order valence-electron chi connectivity index (χ1n) is 5.51. The van der Waals surface area contributed by atoms with Crippen LogP contribution in [0.25, 0.3) is 22.6 Å². The Hall–Kier alpha value is -1.72. The minimum Gasteiger partial charge on any atom is -0.448 e. The standard InChI is InChI=1S/C13H9BrClN3O/c14-10-6-5-9(19-10)12-11(13(16)18-17-12)7-3-1-2-4-8(7)15/h1-6H,(H3,16,17,18). The lowest BCUT2D eigenvalue weighted by molar-refractivity contribution is 0.553. The number of nitrogen functional groups attached to an aromatic ring is 1. The lowest BCUT2D eigenvalue weighted by Crippen LogP contribution is -1.89. The minimum atomic E-state index is 0.385. The Balaban J connectivity index is 2.22. The van der Waals surface area contributed by atoms with E-state index >= 15 is 0 Å². The molecule has 2 aromatic heterocycles. The number of hydrogen-bond donors (Lipinski definition) is 2. The van der Waals surface area contributed by atoms with E-state index in [1.807, 2.05) is 36.4 Å². The van der Waals surface area contributed by atoms with E-state index in [0.29, 0.717) is 27.0 Å². The second kappa shape index (κ2) is 4.75. The number of anilines is 1. The topological polar surface area (TPSA) is 67.8 Å². The fourth-order valence-electron chi connectivity index (χ4n) is 1.92. The van der Waals surface area contributed by atoms with E-state index < -0.39 is 0 Å². The minimum absolute atomic E-state index is 0.385. The first kappa shape index (κ1) is 12.3. The van der Waals surface area contributed by atoms with E-state index in [9.17, 15) is 0 Å². The third kappa shape index (κ3) is 2.15. The molecule has 2 heterocycles. The molecular formula is C13H9BrClN3O. The first-order valence-corrected chi connectivity index (χ1v) is 6.68. The maximum Gasteiger partial charge on any atom is 0.169 e. The Bertz CT molecular complexity index is 735. The van der Waals surface area contributed by atoms with Crippen molar-refractivity contribution in [3.63, 3.8) is 0 Å². The van der Waals surface area contributed by atoms with Gasteiger partial charge in [-0.05, 0) is 34.1 Å². The molecule has 0 saturated carbocycles. The van der Waals surface area contributed by atoms with Gasteiger partial charge in [-0.25, -0.2) is 0 Å². The van der Waals surface area contributed by atoms with Gasteiger partial charge >= 0.3 is 0 Å². The average Bonchev–Trinajstić information content (AvgIpc) is 2.96. The van der Waals surface area contributed by atoms with E-state index in [4.69, 9.17) is 21.8 Å². The van der Waals surface area contributed by atoms with Gasteiger partial charge in [0.15, 0.2) is 16.2 Å². The monoisotopic (exact) mass is 337 g/mol. The third-order valence-electron chi connectivity index (χ3n) is 2.76. The highest BCUT2D eigenvalue weighted by molar-refractivity contribution is 9.10. The summed E-state index contributed by atoms with van der Waals surface area (Å²) in [5, 5.41) is 7.53. The number of nitrogens with two attached hydrogens (primary N) is 1. The maximum atomic E-state index is 6.22. The fourth-order valence-corrected chi connectivity index (χ4v) is 2.46. The van der Waals surface area contributed by atoms with Crippen LogP contribution < -0.4 is 5.73 Å². The van der Waals surface area contributed by atoms with Gasteiger partial charge in [0.1, 0.15) is 5.69 Å². The maximum absolute atomic E-state index is 6.22. The number of furan rings is 1. The Labute approximate surface area is 122 Å². The molecule has 0 aliphatic carbocycles. The van der Waals surface area contributed by atoms with Gasteiger partial charge < -0.3 is 10.2 Å². The molecule has 3 aromatic rings. The van der Waals surface area contributed by atoms with E-state index in [2.05, 4.69) is 26.1 Å². The summed E-state index contributed by atoms with van der Waals surface area (Å²) >= 11 is 9.49. The molecule has 0 radical (unpaired) electrons. The summed E-state index contributed by atoms with van der Waals surface area (Å²) in [6.07, 6.45) is 0. The lowest BCUT2D eigenvalue weighted by atomic mass is 10.0. The van der Waals surface area contributed by atoms with Crippen molar-refractivity contribution in [3.05, 3.63) is 46.1 Å². The van der Waals surface area contributed by atoms with E-state index in [-0.39, 0.29) is 0 Å². The zero-order valence-corrected chi connectivity index (χ0v) is 12.0. The van der Waals surface area contributed by atoms with Crippen LogP contribution in [0.2, 0.25) is 5.02 Å². The largest absolute Gasteiger partial charge is 0.448 e. The van der Waals surface area contributed by atoms with Crippen molar-refractivity contribution in [3.8, 4) is 22.6 Å². The predicted molar refractivity (Wildman–Crippen MR) is 78.8 cm³/mol. The van der Waals surface area contributed by atoms with Gasteiger partial charge in [0.25, 0.3) is 0 Å². The normalized spacial score (nSPS) is 10.8. The molecular weight excluding hydrogens is 330 g/mol. The van der Waals surface area contributed by atoms with Gasteiger partial charge in [0.2, 0.25) is 0 Å². The molecule has 4 nitrogen and oxygen atoms in total. The Morgan fingerprint density at radius 3 is 2.68 bits per heavy atom. The van der Waals surface area contributed by atoms with E-state index in [1.165, 1.54) is 0 Å². The van der Waals surface area contributed by atoms with Crippen molar-refractivity contribution in [1.82, 2.24) is 10.2 Å². The molecule has 3 N–H and O–H groups in total. The summed E-state index contributed by atoms with van der Waals surface area (Å²) in [6.45, 7) is 0. The lowest BCUT2D eigenvalue weighted by Gasteiger charge is -2.04. The zero-order valence-electron chi connectivity index (χ0n) is 9.65. The highest BCUT2D eigenvalue weighted by Crippen LogP contribution is 2.39. The van der Waals surface area contributed by atoms with Crippen molar-refractivity contribution in [1.29, 1.82) is 0 Å². The van der Waals surface area contributed by atoms with Crippen LogP contribution in [-0.4, -0.2) is 10.2 Å². The first-order chi connectivity index (χ1) is 9.16. The van der Waals surface area contributed by atoms with Crippen LogP contribution in [0.3, 0.4) is 0 Å². The summed E-state index contributed by atoms with van der Waals surface area (Å²) in [5.41, 5.74) is 8.20. The second-order valence-corrected chi connectivity index (χ2v) is 5.13. The number of hydrogen-bond acceptors (Lipinski definition) is 3. The van der Waals surface area contributed by atoms with Crippen molar-refractivity contribution in [2.24, 2.45) is 0 Å². The van der Waals surface area contributed by atoms with Crippen molar-refractivity contribution in [2.45, 2.75) is 0 Å². The van der Waals surface area contributed by atoms with Crippen LogP contribution in [0.1, 0.15) is 0 Å². The quantitative estimate of drug-likeness (QED) is 0.730. The summed E-state index contributed by atoms with van der Waals surface area (Å²) in [4.78, 5) is 0. The number of halogens is 2. The molecule has 96 valence electrons. The molecule has 0 saturated heterocycles. The number of rotatable bonds is 2. The van der Waals surface area contributed by atoms with Crippen LogP contribution in [-0.2, 0) is 0 Å². The second-order valence-electron chi connectivity index (χ2n) is 3.94. The van der Waals surface area contributed by atoms with Gasteiger partial charge in [-0.15, -0.1) is 0 Å². The molecule has 6 heteroatoms. The zero-order chi connectivity index (χ0) is 13.4. The van der Waals surface area contributed by atoms with Crippen molar-refractivity contribution < 1.29 is 4.42 Å². The van der Waals surface area contributed by atoms with Crippen molar-refractivity contribution in [2.75, 3.05) is 5.73 Å². The number of benzene rings is 1. The molecule has 0 aliphatic rings. The predicted octanol–water partition coefficient (Wildman–Crippen LogP) is 4.33. The SMILES string of the molecule is Nc1n[nH]c(-c2ccc(Br)o2)c1-c1ccccc1Cl. The number of H-pyrrole nitrogens is 1. The van der Waals surface area contributed by atoms with Gasteiger partial charge in [-0.2, -0.15) is 5.10 Å². The molecule has 1 aromatic carbocycles. The average molecular weight is 339 g/mol. The molecule has 0 amide bonds. The molecule has 0 unspecified atom stereocenters. The van der Waals surface area contributed by atoms with Crippen LogP contribution in [0.5, 0.6) is 0 Å². The number of aromatic amines is 1.